The molecule has 0 unspecified atom stereocenters. The van der Waals surface area contributed by atoms with Crippen LogP contribution < -0.4 is 10.1 Å². The molecule has 2 aromatic carbocycles. The molecule has 0 atom stereocenters. The third kappa shape index (κ3) is 6.87. The van der Waals surface area contributed by atoms with Gasteiger partial charge in [-0.25, -0.2) is 0 Å². The zero-order valence-corrected chi connectivity index (χ0v) is 16.5. The number of carbonyl (C=O) groups excluding carboxylic acids is 2. The third-order valence-corrected chi connectivity index (χ3v) is 4.16. The number of likely N-dealkylation sites (N-methyl/N-ethyl adjacent to an activating group) is 1. The minimum absolute atomic E-state index is 0.0232. The molecule has 2 amide bonds. The average Bonchev–Trinajstić information content (AvgIpc) is 2.61. The van der Waals surface area contributed by atoms with E-state index in [9.17, 15) is 9.59 Å². The molecule has 2 aromatic rings. The van der Waals surface area contributed by atoms with Crippen LogP contribution in [0.25, 0.3) is 0 Å². The molecular formula is C22H28N2O3. The van der Waals surface area contributed by atoms with E-state index in [0.29, 0.717) is 18.7 Å². The first-order chi connectivity index (χ1) is 12.8. The van der Waals surface area contributed by atoms with E-state index < -0.39 is 0 Å². The molecule has 144 valence electrons. The number of nitrogens with one attached hydrogen (secondary N) is 1. The van der Waals surface area contributed by atoms with Gasteiger partial charge < -0.3 is 4.74 Å². The molecule has 0 saturated heterocycles. The van der Waals surface area contributed by atoms with E-state index >= 15 is 0 Å². The maximum absolute atomic E-state index is 12.2. The Hall–Kier alpha value is -2.66. The van der Waals surface area contributed by atoms with Gasteiger partial charge in [0.25, 0.3) is 5.91 Å². The van der Waals surface area contributed by atoms with Gasteiger partial charge in [0.05, 0.1) is 6.54 Å². The Morgan fingerprint density at radius 3 is 2.22 bits per heavy atom. The first kappa shape index (κ1) is 20.6. The van der Waals surface area contributed by atoms with Crippen molar-refractivity contribution in [3.8, 4) is 5.75 Å². The minimum Gasteiger partial charge on any atom is -0.492 e. The van der Waals surface area contributed by atoms with Crippen LogP contribution in [-0.2, 0) is 10.2 Å². The molecule has 0 aliphatic carbocycles. The van der Waals surface area contributed by atoms with Crippen molar-refractivity contribution in [1.82, 2.24) is 10.2 Å². The van der Waals surface area contributed by atoms with Crippen molar-refractivity contribution in [2.75, 3.05) is 26.7 Å². The molecule has 0 saturated carbocycles. The van der Waals surface area contributed by atoms with Crippen molar-refractivity contribution in [2.24, 2.45) is 0 Å². The highest BCUT2D eigenvalue weighted by Gasteiger charge is 2.16. The van der Waals surface area contributed by atoms with Gasteiger partial charge in [-0.1, -0.05) is 51.1 Å². The lowest BCUT2D eigenvalue weighted by Crippen LogP contribution is -2.39. The number of para-hydroxylation sites is 1. The quantitative estimate of drug-likeness (QED) is 0.815. The van der Waals surface area contributed by atoms with Crippen molar-refractivity contribution < 1.29 is 14.3 Å². The first-order valence-corrected chi connectivity index (χ1v) is 9.07. The molecule has 2 rings (SSSR count). The number of hydrogen-bond donors (Lipinski definition) is 1. The lowest BCUT2D eigenvalue weighted by Gasteiger charge is -2.19. The highest BCUT2D eigenvalue weighted by molar-refractivity contribution is 6.05. The summed E-state index contributed by atoms with van der Waals surface area (Å²) in [5, 5.41) is 2.43. The Morgan fingerprint density at radius 1 is 1.00 bits per heavy atom. The summed E-state index contributed by atoms with van der Waals surface area (Å²) in [6.07, 6.45) is 0. The van der Waals surface area contributed by atoms with Gasteiger partial charge in [-0.2, -0.15) is 0 Å². The van der Waals surface area contributed by atoms with E-state index in [-0.39, 0.29) is 23.8 Å². The number of hydrogen-bond acceptors (Lipinski definition) is 4. The number of rotatable bonds is 7. The van der Waals surface area contributed by atoms with E-state index in [4.69, 9.17) is 4.74 Å². The van der Waals surface area contributed by atoms with Crippen molar-refractivity contribution in [3.63, 3.8) is 0 Å². The van der Waals surface area contributed by atoms with E-state index in [2.05, 4.69) is 26.1 Å². The van der Waals surface area contributed by atoms with E-state index in [0.717, 1.165) is 11.3 Å². The van der Waals surface area contributed by atoms with Gasteiger partial charge in [-0.15, -0.1) is 0 Å². The summed E-state index contributed by atoms with van der Waals surface area (Å²) in [5.74, 6) is 0.0840. The van der Waals surface area contributed by atoms with Crippen LogP contribution in [0.2, 0.25) is 0 Å². The second kappa shape index (κ2) is 9.33. The summed E-state index contributed by atoms with van der Waals surface area (Å²) in [5.41, 5.74) is 1.64. The van der Waals surface area contributed by atoms with Crippen molar-refractivity contribution in [1.29, 1.82) is 0 Å². The summed E-state index contributed by atoms with van der Waals surface area (Å²) in [7, 11) is 1.82. The molecule has 0 fully saturated rings. The Labute approximate surface area is 161 Å². The number of nitrogens with zero attached hydrogens (tertiary/aromatic N) is 1. The van der Waals surface area contributed by atoms with Gasteiger partial charge in [0.1, 0.15) is 12.4 Å². The van der Waals surface area contributed by atoms with Crippen LogP contribution in [0.15, 0.2) is 54.6 Å². The highest BCUT2D eigenvalue weighted by atomic mass is 16.5. The smallest absolute Gasteiger partial charge is 0.257 e. The summed E-state index contributed by atoms with van der Waals surface area (Å²) in [4.78, 5) is 26.1. The van der Waals surface area contributed by atoms with E-state index in [1.807, 2.05) is 54.4 Å². The summed E-state index contributed by atoms with van der Waals surface area (Å²) >= 11 is 0. The molecule has 0 spiro atoms. The van der Waals surface area contributed by atoms with Gasteiger partial charge in [-0.3, -0.25) is 19.8 Å². The van der Waals surface area contributed by atoms with Gasteiger partial charge >= 0.3 is 0 Å². The van der Waals surface area contributed by atoms with Crippen LogP contribution in [-0.4, -0.2) is 43.5 Å². The fraction of sp³-hybridized carbons (Fsp3) is 0.364. The molecule has 1 N–H and O–H groups in total. The molecule has 5 heteroatoms. The van der Waals surface area contributed by atoms with Crippen LogP contribution in [0.3, 0.4) is 0 Å². The Bertz CT molecular complexity index is 749. The molecule has 0 aromatic heterocycles. The van der Waals surface area contributed by atoms with Crippen LogP contribution in [0, 0.1) is 0 Å². The lowest BCUT2D eigenvalue weighted by molar-refractivity contribution is -0.121. The summed E-state index contributed by atoms with van der Waals surface area (Å²) < 4.78 is 5.61. The molecule has 0 bridgehead atoms. The van der Waals surface area contributed by atoms with Crippen LogP contribution in [0.5, 0.6) is 5.75 Å². The molecular weight excluding hydrogens is 340 g/mol. The third-order valence-electron chi connectivity index (χ3n) is 4.16. The number of benzene rings is 2. The predicted octanol–water partition coefficient (Wildman–Crippen LogP) is 3.25. The second-order valence-electron chi connectivity index (χ2n) is 7.60. The van der Waals surface area contributed by atoms with E-state index in [1.54, 1.807) is 12.1 Å². The fourth-order valence-electron chi connectivity index (χ4n) is 2.52. The highest BCUT2D eigenvalue weighted by Crippen LogP contribution is 2.22. The summed E-state index contributed by atoms with van der Waals surface area (Å²) in [6.45, 7) is 7.52. The lowest BCUT2D eigenvalue weighted by atomic mass is 9.87. The Morgan fingerprint density at radius 2 is 1.63 bits per heavy atom. The SMILES string of the molecule is CN(CCOc1ccccc1)CC(=O)NC(=O)c1ccc(C(C)(C)C)cc1. The summed E-state index contributed by atoms with van der Waals surface area (Å²) in [6, 6.07) is 16.9. The van der Waals surface area contributed by atoms with E-state index in [1.165, 1.54) is 0 Å². The van der Waals surface area contributed by atoms with Crippen molar-refractivity contribution >= 4 is 11.8 Å². The minimum atomic E-state index is -0.380. The molecule has 27 heavy (non-hydrogen) atoms. The zero-order chi connectivity index (χ0) is 19.9. The second-order valence-corrected chi connectivity index (χ2v) is 7.60. The molecule has 0 heterocycles. The maximum Gasteiger partial charge on any atom is 0.257 e. The first-order valence-electron chi connectivity index (χ1n) is 9.07. The normalized spacial score (nSPS) is 11.3. The maximum atomic E-state index is 12.2. The standard InChI is InChI=1S/C22H28N2O3/c1-22(2,3)18-12-10-17(11-13-18)21(26)23-20(25)16-24(4)14-15-27-19-8-6-5-7-9-19/h5-13H,14-16H2,1-4H3,(H,23,25,26). The monoisotopic (exact) mass is 368 g/mol. The Kier molecular flexibility index (Phi) is 7.13. The van der Waals surface area contributed by atoms with Gasteiger partial charge in [0.15, 0.2) is 0 Å². The largest absolute Gasteiger partial charge is 0.492 e. The molecule has 0 aliphatic heterocycles. The topological polar surface area (TPSA) is 58.6 Å². The van der Waals surface area contributed by atoms with Crippen LogP contribution >= 0.6 is 0 Å². The zero-order valence-electron chi connectivity index (χ0n) is 16.5. The van der Waals surface area contributed by atoms with Gasteiger partial charge in [-0.05, 0) is 42.3 Å². The number of amides is 2. The fourth-order valence-corrected chi connectivity index (χ4v) is 2.52. The Balaban J connectivity index is 1.76. The van der Waals surface area contributed by atoms with Crippen LogP contribution in [0.1, 0.15) is 36.7 Å². The van der Waals surface area contributed by atoms with Crippen molar-refractivity contribution in [2.45, 2.75) is 26.2 Å². The number of ether oxygens (including phenoxy) is 1. The average molecular weight is 368 g/mol. The predicted molar refractivity (Wildman–Crippen MR) is 107 cm³/mol. The van der Waals surface area contributed by atoms with Gasteiger partial charge in [0.2, 0.25) is 5.91 Å². The number of carbonyl (C=O) groups is 2. The molecule has 5 nitrogen and oxygen atoms in total. The molecule has 0 aliphatic rings. The van der Waals surface area contributed by atoms with Gasteiger partial charge in [0, 0.05) is 12.1 Å². The molecule has 0 radical (unpaired) electrons. The van der Waals surface area contributed by atoms with Crippen LogP contribution in [0.4, 0.5) is 0 Å². The van der Waals surface area contributed by atoms with Crippen molar-refractivity contribution in [3.05, 3.63) is 65.7 Å². The number of imide groups is 1.